The van der Waals surface area contributed by atoms with Crippen molar-refractivity contribution in [1.29, 1.82) is 0 Å². The fourth-order valence-corrected chi connectivity index (χ4v) is 3.14. The largest absolute Gasteiger partial charge is 0.497 e. The number of halogens is 1. The van der Waals surface area contributed by atoms with E-state index in [1.165, 1.54) is 24.3 Å². The predicted molar refractivity (Wildman–Crippen MR) is 108 cm³/mol. The van der Waals surface area contributed by atoms with Crippen LogP contribution in [0.5, 0.6) is 17.2 Å². The Balaban J connectivity index is 1.61. The molecule has 0 aromatic heterocycles. The SMILES string of the molecule is COc1cccc(/C=C2\Oc3c(ccc(OC(=O)c4cccc(F)c4)c3C)C2=O)c1. The minimum absolute atomic E-state index is 0.0884. The highest BCUT2D eigenvalue weighted by Crippen LogP contribution is 2.39. The summed E-state index contributed by atoms with van der Waals surface area (Å²) in [6.45, 7) is 1.69. The zero-order valence-electron chi connectivity index (χ0n) is 16.3. The van der Waals surface area contributed by atoms with Crippen LogP contribution in [0.3, 0.4) is 0 Å². The van der Waals surface area contributed by atoms with Gasteiger partial charge in [0.2, 0.25) is 5.78 Å². The number of benzene rings is 3. The number of hydrogen-bond donors (Lipinski definition) is 0. The summed E-state index contributed by atoms with van der Waals surface area (Å²) < 4.78 is 29.7. The highest BCUT2D eigenvalue weighted by atomic mass is 19.1. The van der Waals surface area contributed by atoms with E-state index in [-0.39, 0.29) is 22.9 Å². The van der Waals surface area contributed by atoms with Crippen LogP contribution in [0, 0.1) is 12.7 Å². The summed E-state index contributed by atoms with van der Waals surface area (Å²) in [5, 5.41) is 0. The number of ether oxygens (including phenoxy) is 3. The summed E-state index contributed by atoms with van der Waals surface area (Å²) in [5.41, 5.74) is 1.72. The molecule has 0 saturated carbocycles. The summed E-state index contributed by atoms with van der Waals surface area (Å²) in [6, 6.07) is 15.5. The van der Waals surface area contributed by atoms with Crippen LogP contribution in [0.2, 0.25) is 0 Å². The number of carbonyl (C=O) groups is 2. The molecule has 150 valence electrons. The average molecular weight is 404 g/mol. The molecular weight excluding hydrogens is 387 g/mol. The molecule has 0 saturated heterocycles. The monoisotopic (exact) mass is 404 g/mol. The minimum Gasteiger partial charge on any atom is -0.497 e. The molecule has 1 aliphatic heterocycles. The summed E-state index contributed by atoms with van der Waals surface area (Å²) in [4.78, 5) is 25.1. The van der Waals surface area contributed by atoms with E-state index < -0.39 is 11.8 Å². The Morgan fingerprint density at radius 2 is 1.87 bits per heavy atom. The van der Waals surface area contributed by atoms with E-state index in [1.54, 1.807) is 38.3 Å². The Morgan fingerprint density at radius 3 is 2.63 bits per heavy atom. The second-order valence-corrected chi connectivity index (χ2v) is 6.68. The van der Waals surface area contributed by atoms with Crippen LogP contribution < -0.4 is 14.2 Å². The summed E-state index contributed by atoms with van der Waals surface area (Å²) in [7, 11) is 1.56. The molecule has 30 heavy (non-hydrogen) atoms. The van der Waals surface area contributed by atoms with Crippen molar-refractivity contribution < 1.29 is 28.2 Å². The van der Waals surface area contributed by atoms with Crippen molar-refractivity contribution in [2.45, 2.75) is 6.92 Å². The molecule has 0 radical (unpaired) electrons. The molecule has 0 spiro atoms. The highest BCUT2D eigenvalue weighted by Gasteiger charge is 2.30. The lowest BCUT2D eigenvalue weighted by molar-refractivity contribution is 0.0732. The number of esters is 1. The average Bonchev–Trinajstić information content (AvgIpc) is 3.06. The normalized spacial score (nSPS) is 13.7. The Morgan fingerprint density at radius 1 is 1.07 bits per heavy atom. The molecule has 5 nitrogen and oxygen atoms in total. The maximum absolute atomic E-state index is 13.4. The first-order chi connectivity index (χ1) is 14.5. The minimum atomic E-state index is -0.700. The third-order valence-corrected chi connectivity index (χ3v) is 4.69. The number of hydrogen-bond acceptors (Lipinski definition) is 5. The van der Waals surface area contributed by atoms with Crippen molar-refractivity contribution in [3.63, 3.8) is 0 Å². The number of fused-ring (bicyclic) bond motifs is 1. The maximum Gasteiger partial charge on any atom is 0.343 e. The predicted octanol–water partition coefficient (Wildman–Crippen LogP) is 4.98. The Bertz CT molecular complexity index is 1200. The van der Waals surface area contributed by atoms with Crippen molar-refractivity contribution in [2.24, 2.45) is 0 Å². The maximum atomic E-state index is 13.4. The van der Waals surface area contributed by atoms with Gasteiger partial charge in [-0.25, -0.2) is 9.18 Å². The molecule has 0 unspecified atom stereocenters. The van der Waals surface area contributed by atoms with E-state index in [1.807, 2.05) is 12.1 Å². The van der Waals surface area contributed by atoms with Crippen molar-refractivity contribution in [1.82, 2.24) is 0 Å². The summed E-state index contributed by atoms with van der Waals surface area (Å²) >= 11 is 0. The van der Waals surface area contributed by atoms with Crippen LogP contribution in [0.1, 0.15) is 31.8 Å². The summed E-state index contributed by atoms with van der Waals surface area (Å²) in [6.07, 6.45) is 1.63. The number of carbonyl (C=O) groups excluding carboxylic acids is 2. The zero-order valence-corrected chi connectivity index (χ0v) is 16.3. The van der Waals surface area contributed by atoms with Gasteiger partial charge in [-0.15, -0.1) is 0 Å². The molecule has 0 aliphatic carbocycles. The lowest BCUT2D eigenvalue weighted by Crippen LogP contribution is -2.09. The van der Waals surface area contributed by atoms with Crippen LogP contribution in [0.25, 0.3) is 6.08 Å². The molecule has 0 fully saturated rings. The lowest BCUT2D eigenvalue weighted by atomic mass is 10.1. The molecule has 1 aliphatic rings. The second-order valence-electron chi connectivity index (χ2n) is 6.68. The van der Waals surface area contributed by atoms with Crippen molar-refractivity contribution in [3.8, 4) is 17.2 Å². The van der Waals surface area contributed by atoms with Crippen molar-refractivity contribution in [3.05, 3.63) is 94.5 Å². The van der Waals surface area contributed by atoms with E-state index in [4.69, 9.17) is 14.2 Å². The van der Waals surface area contributed by atoms with Gasteiger partial charge in [-0.05, 0) is 61.0 Å². The quantitative estimate of drug-likeness (QED) is 0.349. The lowest BCUT2D eigenvalue weighted by Gasteiger charge is -2.10. The Hall–Kier alpha value is -3.93. The molecule has 0 amide bonds. The van der Waals surface area contributed by atoms with Gasteiger partial charge in [0.25, 0.3) is 0 Å². The Labute approximate surface area is 172 Å². The molecule has 0 N–H and O–H groups in total. The van der Waals surface area contributed by atoms with Gasteiger partial charge in [0.1, 0.15) is 23.1 Å². The van der Waals surface area contributed by atoms with Gasteiger partial charge in [-0.3, -0.25) is 4.79 Å². The first-order valence-electron chi connectivity index (χ1n) is 9.16. The number of Topliss-reactive ketones (excluding diaryl/α,β-unsaturated/α-hetero) is 1. The van der Waals surface area contributed by atoms with Crippen LogP contribution in [0.4, 0.5) is 4.39 Å². The van der Waals surface area contributed by atoms with Gasteiger partial charge in [0, 0.05) is 5.56 Å². The van der Waals surface area contributed by atoms with E-state index in [9.17, 15) is 14.0 Å². The molecule has 3 aromatic rings. The number of allylic oxidation sites excluding steroid dienone is 1. The standard InChI is InChI=1S/C24H17FO5/c1-14-20(30-24(27)16-6-4-7-17(25)13-16)10-9-19-22(26)21(29-23(14)19)12-15-5-3-8-18(11-15)28-2/h3-13H,1-2H3/b21-12-. The smallest absolute Gasteiger partial charge is 0.343 e. The van der Waals surface area contributed by atoms with Gasteiger partial charge >= 0.3 is 5.97 Å². The molecule has 3 aromatic carbocycles. The Kier molecular flexibility index (Phi) is 5.06. The van der Waals surface area contributed by atoms with Crippen LogP contribution >= 0.6 is 0 Å². The number of ketones is 1. The first kappa shape index (κ1) is 19.4. The van der Waals surface area contributed by atoms with Gasteiger partial charge in [0.15, 0.2) is 5.76 Å². The van der Waals surface area contributed by atoms with Gasteiger partial charge in [-0.1, -0.05) is 18.2 Å². The van der Waals surface area contributed by atoms with Crippen molar-refractivity contribution in [2.75, 3.05) is 7.11 Å². The molecular formula is C24H17FO5. The van der Waals surface area contributed by atoms with Crippen LogP contribution in [0.15, 0.2) is 66.4 Å². The second kappa shape index (κ2) is 7.83. The van der Waals surface area contributed by atoms with E-state index in [2.05, 4.69) is 0 Å². The van der Waals surface area contributed by atoms with Crippen LogP contribution in [-0.2, 0) is 0 Å². The fraction of sp³-hybridized carbons (Fsp3) is 0.0833. The summed E-state index contributed by atoms with van der Waals surface area (Å²) in [5.74, 6) is -0.105. The van der Waals surface area contributed by atoms with Crippen LogP contribution in [-0.4, -0.2) is 18.9 Å². The van der Waals surface area contributed by atoms with Gasteiger partial charge in [-0.2, -0.15) is 0 Å². The molecule has 0 atom stereocenters. The molecule has 0 bridgehead atoms. The third-order valence-electron chi connectivity index (χ3n) is 4.69. The van der Waals surface area contributed by atoms with E-state index in [0.29, 0.717) is 22.6 Å². The van der Waals surface area contributed by atoms with Gasteiger partial charge in [0.05, 0.1) is 18.2 Å². The van der Waals surface area contributed by atoms with E-state index >= 15 is 0 Å². The van der Waals surface area contributed by atoms with Gasteiger partial charge < -0.3 is 14.2 Å². The molecule has 4 rings (SSSR count). The number of rotatable bonds is 4. The first-order valence-corrected chi connectivity index (χ1v) is 9.16. The fourth-order valence-electron chi connectivity index (χ4n) is 3.14. The zero-order chi connectivity index (χ0) is 21.3. The van der Waals surface area contributed by atoms with E-state index in [0.717, 1.165) is 11.6 Å². The number of methoxy groups -OCH3 is 1. The molecule has 6 heteroatoms. The molecule has 1 heterocycles. The van der Waals surface area contributed by atoms with Crippen molar-refractivity contribution >= 4 is 17.8 Å². The topological polar surface area (TPSA) is 61.8 Å². The highest BCUT2D eigenvalue weighted by molar-refractivity contribution is 6.15. The third kappa shape index (κ3) is 3.67.